The highest BCUT2D eigenvalue weighted by Gasteiger charge is 2.21. The lowest BCUT2D eigenvalue weighted by Gasteiger charge is -2.10. The first kappa shape index (κ1) is 15.6. The number of nitrogens with two attached hydrogens (primary N) is 1. The topological polar surface area (TPSA) is 64.1 Å². The number of hydrogen-bond acceptors (Lipinski definition) is 4. The summed E-state index contributed by atoms with van der Waals surface area (Å²) in [6.07, 6.45) is 3.53. The maximum absolute atomic E-state index is 6.43. The lowest BCUT2D eigenvalue weighted by atomic mass is 10.2. The van der Waals surface area contributed by atoms with E-state index in [9.17, 15) is 0 Å². The highest BCUT2D eigenvalue weighted by atomic mass is 16.3. The molecule has 0 amide bonds. The van der Waals surface area contributed by atoms with Crippen LogP contribution in [0.25, 0.3) is 11.0 Å². The summed E-state index contributed by atoms with van der Waals surface area (Å²) in [7, 11) is 4.11. The third kappa shape index (κ3) is 2.82. The van der Waals surface area contributed by atoms with Crippen molar-refractivity contribution in [2.75, 3.05) is 26.4 Å². The fraction of sp³-hybridized carbons (Fsp3) is 0.412. The van der Waals surface area contributed by atoms with E-state index in [1.807, 2.05) is 23.0 Å². The SMILES string of the molecule is Cc1c(C)n(Cc2ccco2)c2nc[n+](CCN(C)C)c(N)c12. The van der Waals surface area contributed by atoms with E-state index in [2.05, 4.69) is 42.4 Å². The molecule has 3 aromatic rings. The van der Waals surface area contributed by atoms with Crippen LogP contribution in [0.1, 0.15) is 17.0 Å². The summed E-state index contributed by atoms with van der Waals surface area (Å²) in [5.74, 6) is 1.69. The summed E-state index contributed by atoms with van der Waals surface area (Å²) < 4.78 is 9.66. The monoisotopic (exact) mass is 314 g/mol. The first-order chi connectivity index (χ1) is 11.0. The molecule has 3 aromatic heterocycles. The number of aromatic nitrogens is 3. The third-order valence-electron chi connectivity index (χ3n) is 4.37. The number of anilines is 1. The van der Waals surface area contributed by atoms with Crippen molar-refractivity contribution in [3.63, 3.8) is 0 Å². The minimum Gasteiger partial charge on any atom is -0.467 e. The maximum Gasteiger partial charge on any atom is 0.232 e. The van der Waals surface area contributed by atoms with Gasteiger partial charge in [-0.3, -0.25) is 0 Å². The third-order valence-corrected chi connectivity index (χ3v) is 4.37. The standard InChI is InChI=1S/C17H23N5O/c1-12-13(2)22(10-14-6-5-9-23-14)17-15(12)16(18)21(11-19-17)8-7-20(3)4/h5-6,9,11,18H,7-8,10H2,1-4H3/p+1. The van der Waals surface area contributed by atoms with E-state index in [1.54, 1.807) is 6.26 Å². The molecule has 0 spiro atoms. The molecule has 0 aliphatic heterocycles. The van der Waals surface area contributed by atoms with Crippen molar-refractivity contribution < 1.29 is 8.98 Å². The van der Waals surface area contributed by atoms with Gasteiger partial charge >= 0.3 is 0 Å². The molecule has 0 aliphatic carbocycles. The quantitative estimate of drug-likeness (QED) is 0.728. The van der Waals surface area contributed by atoms with Crippen LogP contribution < -0.4 is 10.3 Å². The molecule has 23 heavy (non-hydrogen) atoms. The van der Waals surface area contributed by atoms with Gasteiger partial charge in [-0.25, -0.2) is 4.57 Å². The zero-order valence-electron chi connectivity index (χ0n) is 14.2. The molecule has 6 heteroatoms. The van der Waals surface area contributed by atoms with Crippen molar-refractivity contribution in [1.29, 1.82) is 0 Å². The number of hydrogen-bond donors (Lipinski definition) is 1. The Bertz CT molecular complexity index is 817. The molecule has 0 saturated heterocycles. The molecule has 6 nitrogen and oxygen atoms in total. The number of aryl methyl sites for hydroxylation is 1. The first-order valence-corrected chi connectivity index (χ1v) is 7.79. The van der Waals surface area contributed by atoms with Crippen LogP contribution in [0, 0.1) is 13.8 Å². The van der Waals surface area contributed by atoms with Gasteiger partial charge in [-0.1, -0.05) is 4.98 Å². The Balaban J connectivity index is 2.06. The van der Waals surface area contributed by atoms with Gasteiger partial charge in [0.1, 0.15) is 11.1 Å². The van der Waals surface area contributed by atoms with Crippen molar-refractivity contribution in [1.82, 2.24) is 14.5 Å². The van der Waals surface area contributed by atoms with Gasteiger partial charge < -0.3 is 19.6 Å². The molecule has 0 saturated carbocycles. The zero-order valence-corrected chi connectivity index (χ0v) is 14.2. The summed E-state index contributed by atoms with van der Waals surface area (Å²) in [5, 5.41) is 1.04. The second-order valence-electron chi connectivity index (χ2n) is 6.20. The van der Waals surface area contributed by atoms with Crippen LogP contribution in [0.4, 0.5) is 5.82 Å². The molecule has 0 radical (unpaired) electrons. The molecule has 0 aliphatic rings. The average Bonchev–Trinajstić information content (AvgIpc) is 3.10. The summed E-state index contributed by atoms with van der Waals surface area (Å²) in [6.45, 7) is 6.61. The molecule has 0 aromatic carbocycles. The first-order valence-electron chi connectivity index (χ1n) is 7.79. The molecular formula is C17H24N5O+. The van der Waals surface area contributed by atoms with Crippen LogP contribution in [0.5, 0.6) is 0 Å². The van der Waals surface area contributed by atoms with Gasteiger partial charge in [0.25, 0.3) is 0 Å². The number of nitrogens with zero attached hydrogens (tertiary/aromatic N) is 4. The molecule has 0 bridgehead atoms. The van der Waals surface area contributed by atoms with Crippen molar-refractivity contribution >= 4 is 16.9 Å². The normalized spacial score (nSPS) is 11.7. The van der Waals surface area contributed by atoms with Crippen LogP contribution in [0.2, 0.25) is 0 Å². The Labute approximate surface area is 136 Å². The van der Waals surface area contributed by atoms with Gasteiger partial charge in [-0.2, -0.15) is 0 Å². The van der Waals surface area contributed by atoms with Crippen LogP contribution in [-0.4, -0.2) is 35.1 Å². The van der Waals surface area contributed by atoms with Crippen LogP contribution in [0.15, 0.2) is 29.1 Å². The van der Waals surface area contributed by atoms with Crippen molar-refractivity contribution in [3.8, 4) is 0 Å². The second-order valence-corrected chi connectivity index (χ2v) is 6.20. The second kappa shape index (κ2) is 6.04. The molecule has 0 unspecified atom stereocenters. The van der Waals surface area contributed by atoms with E-state index < -0.39 is 0 Å². The Kier molecular flexibility index (Phi) is 4.09. The van der Waals surface area contributed by atoms with Gasteiger partial charge in [0, 0.05) is 12.2 Å². The van der Waals surface area contributed by atoms with E-state index in [1.165, 1.54) is 11.3 Å². The predicted octanol–water partition coefficient (Wildman–Crippen LogP) is 1.73. The Morgan fingerprint density at radius 3 is 2.78 bits per heavy atom. The van der Waals surface area contributed by atoms with Gasteiger partial charge in [0.2, 0.25) is 17.8 Å². The summed E-state index contributed by atoms with van der Waals surface area (Å²) in [6, 6.07) is 3.88. The fourth-order valence-corrected chi connectivity index (χ4v) is 2.85. The van der Waals surface area contributed by atoms with Crippen molar-refractivity contribution in [3.05, 3.63) is 41.7 Å². The molecular weight excluding hydrogens is 290 g/mol. The fourth-order valence-electron chi connectivity index (χ4n) is 2.85. The maximum atomic E-state index is 6.43. The Morgan fingerprint density at radius 2 is 2.13 bits per heavy atom. The molecule has 122 valence electrons. The van der Waals surface area contributed by atoms with Crippen molar-refractivity contribution in [2.45, 2.75) is 26.9 Å². The highest BCUT2D eigenvalue weighted by Crippen LogP contribution is 2.27. The lowest BCUT2D eigenvalue weighted by molar-refractivity contribution is -0.683. The molecule has 2 N–H and O–H groups in total. The van der Waals surface area contributed by atoms with Crippen LogP contribution >= 0.6 is 0 Å². The molecule has 3 heterocycles. The van der Waals surface area contributed by atoms with Gasteiger partial charge in [0.05, 0.1) is 19.4 Å². The van der Waals surface area contributed by atoms with Crippen LogP contribution in [-0.2, 0) is 13.1 Å². The van der Waals surface area contributed by atoms with E-state index in [0.29, 0.717) is 6.54 Å². The minimum absolute atomic E-state index is 0.664. The summed E-state index contributed by atoms with van der Waals surface area (Å²) in [5.41, 5.74) is 9.69. The number of rotatable bonds is 5. The van der Waals surface area contributed by atoms with E-state index in [0.717, 1.165) is 35.7 Å². The van der Waals surface area contributed by atoms with Crippen molar-refractivity contribution in [2.24, 2.45) is 0 Å². The zero-order chi connectivity index (χ0) is 16.6. The molecule has 3 rings (SSSR count). The number of furan rings is 1. The Hall–Kier alpha value is -2.34. The lowest BCUT2D eigenvalue weighted by Crippen LogP contribution is -2.41. The smallest absolute Gasteiger partial charge is 0.232 e. The molecule has 0 fully saturated rings. The van der Waals surface area contributed by atoms with E-state index >= 15 is 0 Å². The highest BCUT2D eigenvalue weighted by molar-refractivity contribution is 5.89. The van der Waals surface area contributed by atoms with Gasteiger partial charge in [-0.05, 0) is 45.6 Å². The van der Waals surface area contributed by atoms with Crippen LogP contribution in [0.3, 0.4) is 0 Å². The van der Waals surface area contributed by atoms with E-state index in [-0.39, 0.29) is 0 Å². The predicted molar refractivity (Wildman–Crippen MR) is 90.2 cm³/mol. The van der Waals surface area contributed by atoms with Gasteiger partial charge in [0.15, 0.2) is 0 Å². The number of nitrogen functional groups attached to an aromatic ring is 1. The summed E-state index contributed by atoms with van der Waals surface area (Å²) in [4.78, 5) is 6.80. The number of fused-ring (bicyclic) bond motifs is 1. The molecule has 0 atom stereocenters. The van der Waals surface area contributed by atoms with Gasteiger partial charge in [-0.15, -0.1) is 0 Å². The minimum atomic E-state index is 0.664. The van der Waals surface area contributed by atoms with E-state index in [4.69, 9.17) is 10.2 Å². The average molecular weight is 314 g/mol. The Morgan fingerprint density at radius 1 is 1.35 bits per heavy atom. The summed E-state index contributed by atoms with van der Waals surface area (Å²) >= 11 is 0. The largest absolute Gasteiger partial charge is 0.467 e. The number of likely N-dealkylation sites (N-methyl/N-ethyl adjacent to an activating group) is 1.